The molecule has 2 unspecified atom stereocenters. The number of esters is 1. The van der Waals surface area contributed by atoms with Gasteiger partial charge >= 0.3 is 5.97 Å². The fourth-order valence-corrected chi connectivity index (χ4v) is 2.36. The van der Waals surface area contributed by atoms with Crippen LogP contribution in [0.3, 0.4) is 0 Å². The highest BCUT2D eigenvalue weighted by Gasteiger charge is 2.21. The van der Waals surface area contributed by atoms with Crippen molar-refractivity contribution in [2.75, 3.05) is 7.11 Å². The Bertz CT molecular complexity index is 605. The molecule has 0 bridgehead atoms. The first-order valence-electron chi connectivity index (χ1n) is 7.69. The lowest BCUT2D eigenvalue weighted by atomic mass is 9.93. The molecule has 0 fully saturated rings. The standard InChI is InChI=1S/C19H22O4/c1-14(20)8-13-18(19(21)22-2)15-9-11-17(12-10-15)23-16-6-4-3-5-7-16/h3-7,9-12,14,18,20H,8,13H2,1-2H3. The third kappa shape index (κ3) is 5.11. The van der Waals surface area contributed by atoms with E-state index in [0.717, 1.165) is 11.3 Å². The monoisotopic (exact) mass is 314 g/mol. The van der Waals surface area contributed by atoms with E-state index in [1.807, 2.05) is 54.6 Å². The third-order valence-corrected chi connectivity index (χ3v) is 3.62. The van der Waals surface area contributed by atoms with Gasteiger partial charge in [0.2, 0.25) is 0 Å². The quantitative estimate of drug-likeness (QED) is 0.788. The minimum Gasteiger partial charge on any atom is -0.469 e. The summed E-state index contributed by atoms with van der Waals surface area (Å²) in [6, 6.07) is 16.9. The van der Waals surface area contributed by atoms with E-state index in [4.69, 9.17) is 9.47 Å². The van der Waals surface area contributed by atoms with Gasteiger partial charge in [-0.25, -0.2) is 0 Å². The van der Waals surface area contributed by atoms with Gasteiger partial charge in [-0.1, -0.05) is 30.3 Å². The predicted molar refractivity (Wildman–Crippen MR) is 88.6 cm³/mol. The normalized spacial score (nSPS) is 13.2. The molecule has 2 aromatic carbocycles. The van der Waals surface area contributed by atoms with Crippen molar-refractivity contribution < 1.29 is 19.4 Å². The predicted octanol–water partition coefficient (Wildman–Crippen LogP) is 3.90. The van der Waals surface area contributed by atoms with Gasteiger partial charge in [0, 0.05) is 0 Å². The number of aliphatic hydroxyl groups is 1. The molecule has 0 amide bonds. The Kier molecular flexibility index (Phi) is 6.18. The van der Waals surface area contributed by atoms with Crippen molar-refractivity contribution in [1.82, 2.24) is 0 Å². The zero-order chi connectivity index (χ0) is 16.7. The summed E-state index contributed by atoms with van der Waals surface area (Å²) in [5.74, 6) is 0.806. The Morgan fingerprint density at radius 3 is 2.17 bits per heavy atom. The second-order valence-electron chi connectivity index (χ2n) is 5.49. The Hall–Kier alpha value is -2.33. The molecule has 0 aromatic heterocycles. The SMILES string of the molecule is COC(=O)C(CCC(C)O)c1ccc(Oc2ccccc2)cc1. The zero-order valence-electron chi connectivity index (χ0n) is 13.4. The van der Waals surface area contributed by atoms with Gasteiger partial charge < -0.3 is 14.6 Å². The minimum absolute atomic E-state index is 0.289. The first-order chi connectivity index (χ1) is 11.1. The maximum Gasteiger partial charge on any atom is 0.313 e. The van der Waals surface area contributed by atoms with Crippen LogP contribution in [0.15, 0.2) is 54.6 Å². The Morgan fingerprint density at radius 1 is 1.00 bits per heavy atom. The number of carbonyl (C=O) groups is 1. The Balaban J connectivity index is 2.10. The van der Waals surface area contributed by atoms with E-state index in [0.29, 0.717) is 18.6 Å². The van der Waals surface area contributed by atoms with Crippen LogP contribution >= 0.6 is 0 Å². The van der Waals surface area contributed by atoms with Crippen LogP contribution in [-0.2, 0) is 9.53 Å². The average Bonchev–Trinajstić information content (AvgIpc) is 2.57. The molecule has 2 atom stereocenters. The summed E-state index contributed by atoms with van der Waals surface area (Å²) in [6.07, 6.45) is 0.647. The number of ether oxygens (including phenoxy) is 2. The van der Waals surface area contributed by atoms with E-state index >= 15 is 0 Å². The van der Waals surface area contributed by atoms with Crippen molar-refractivity contribution in [3.05, 3.63) is 60.2 Å². The summed E-state index contributed by atoms with van der Waals surface area (Å²) in [5, 5.41) is 9.44. The van der Waals surface area contributed by atoms with E-state index in [1.54, 1.807) is 6.92 Å². The van der Waals surface area contributed by atoms with Crippen LogP contribution in [0.1, 0.15) is 31.2 Å². The smallest absolute Gasteiger partial charge is 0.313 e. The van der Waals surface area contributed by atoms with Crippen LogP contribution in [0.25, 0.3) is 0 Å². The molecule has 0 heterocycles. The fraction of sp³-hybridized carbons (Fsp3) is 0.316. The summed E-state index contributed by atoms with van der Waals surface area (Å²) in [6.45, 7) is 1.71. The number of hydrogen-bond donors (Lipinski definition) is 1. The highest BCUT2D eigenvalue weighted by atomic mass is 16.5. The van der Waals surface area contributed by atoms with E-state index in [2.05, 4.69) is 0 Å². The van der Waals surface area contributed by atoms with Crippen LogP contribution in [0.4, 0.5) is 0 Å². The van der Waals surface area contributed by atoms with Crippen LogP contribution in [0, 0.1) is 0 Å². The maximum atomic E-state index is 12.0. The molecular formula is C19H22O4. The summed E-state index contributed by atoms with van der Waals surface area (Å²) >= 11 is 0. The number of carbonyl (C=O) groups excluding carboxylic acids is 1. The molecule has 1 N–H and O–H groups in total. The average molecular weight is 314 g/mol. The molecule has 2 rings (SSSR count). The highest BCUT2D eigenvalue weighted by molar-refractivity contribution is 5.78. The van der Waals surface area contributed by atoms with Gasteiger partial charge in [-0.2, -0.15) is 0 Å². The molecule has 4 nitrogen and oxygen atoms in total. The Labute approximate surface area is 136 Å². The number of methoxy groups -OCH3 is 1. The van der Waals surface area contributed by atoms with Crippen molar-refractivity contribution in [3.63, 3.8) is 0 Å². The molecule has 23 heavy (non-hydrogen) atoms. The molecular weight excluding hydrogens is 292 g/mol. The van der Waals surface area contributed by atoms with E-state index in [9.17, 15) is 9.90 Å². The Morgan fingerprint density at radius 2 is 1.61 bits per heavy atom. The molecule has 0 spiro atoms. The van der Waals surface area contributed by atoms with Crippen LogP contribution < -0.4 is 4.74 Å². The lowest BCUT2D eigenvalue weighted by Gasteiger charge is -2.16. The van der Waals surface area contributed by atoms with Gasteiger partial charge in [-0.05, 0) is 49.6 Å². The molecule has 0 aliphatic rings. The molecule has 0 aliphatic carbocycles. The number of hydrogen-bond acceptors (Lipinski definition) is 4. The third-order valence-electron chi connectivity index (χ3n) is 3.62. The molecule has 0 aliphatic heterocycles. The maximum absolute atomic E-state index is 12.0. The lowest BCUT2D eigenvalue weighted by molar-refractivity contribution is -0.142. The first kappa shape index (κ1) is 17.0. The lowest BCUT2D eigenvalue weighted by Crippen LogP contribution is -2.16. The summed E-state index contributed by atoms with van der Waals surface area (Å²) in [7, 11) is 1.38. The zero-order valence-corrected chi connectivity index (χ0v) is 13.4. The van der Waals surface area contributed by atoms with Gasteiger partial charge in [0.25, 0.3) is 0 Å². The number of para-hydroxylation sites is 1. The van der Waals surface area contributed by atoms with Gasteiger partial charge in [-0.3, -0.25) is 4.79 Å². The van der Waals surface area contributed by atoms with Crippen molar-refractivity contribution in [3.8, 4) is 11.5 Å². The highest BCUT2D eigenvalue weighted by Crippen LogP contribution is 2.27. The first-order valence-corrected chi connectivity index (χ1v) is 7.69. The van der Waals surface area contributed by atoms with Gasteiger partial charge in [0.05, 0.1) is 19.1 Å². The van der Waals surface area contributed by atoms with Crippen LogP contribution in [0.5, 0.6) is 11.5 Å². The van der Waals surface area contributed by atoms with Crippen LogP contribution in [-0.4, -0.2) is 24.3 Å². The van der Waals surface area contributed by atoms with Crippen molar-refractivity contribution >= 4 is 5.97 Å². The van der Waals surface area contributed by atoms with Gasteiger partial charge in [0.15, 0.2) is 0 Å². The second kappa shape index (κ2) is 8.34. The van der Waals surface area contributed by atoms with Gasteiger partial charge in [0.1, 0.15) is 11.5 Å². The molecule has 0 saturated heterocycles. The van der Waals surface area contributed by atoms with E-state index in [1.165, 1.54) is 7.11 Å². The topological polar surface area (TPSA) is 55.8 Å². The molecule has 0 saturated carbocycles. The number of aliphatic hydroxyl groups excluding tert-OH is 1. The molecule has 2 aromatic rings. The molecule has 4 heteroatoms. The second-order valence-corrected chi connectivity index (χ2v) is 5.49. The number of benzene rings is 2. The van der Waals surface area contributed by atoms with E-state index < -0.39 is 6.10 Å². The van der Waals surface area contributed by atoms with Crippen molar-refractivity contribution in [2.24, 2.45) is 0 Å². The number of rotatable bonds is 7. The van der Waals surface area contributed by atoms with Crippen LogP contribution in [0.2, 0.25) is 0 Å². The van der Waals surface area contributed by atoms with Gasteiger partial charge in [-0.15, -0.1) is 0 Å². The molecule has 122 valence electrons. The van der Waals surface area contributed by atoms with Crippen molar-refractivity contribution in [1.29, 1.82) is 0 Å². The largest absolute Gasteiger partial charge is 0.469 e. The summed E-state index contributed by atoms with van der Waals surface area (Å²) in [4.78, 5) is 12.0. The molecule has 0 radical (unpaired) electrons. The summed E-state index contributed by atoms with van der Waals surface area (Å²) in [5.41, 5.74) is 0.859. The minimum atomic E-state index is -0.442. The summed E-state index contributed by atoms with van der Waals surface area (Å²) < 4.78 is 10.6. The fourth-order valence-electron chi connectivity index (χ4n) is 2.36. The van der Waals surface area contributed by atoms with E-state index in [-0.39, 0.29) is 11.9 Å². The van der Waals surface area contributed by atoms with Crippen molar-refractivity contribution in [2.45, 2.75) is 31.8 Å².